The largest absolute Gasteiger partial charge is 0.496 e. The number of benzene rings is 1. The normalized spacial score (nSPS) is 10.5. The van der Waals surface area contributed by atoms with E-state index in [4.69, 9.17) is 16.3 Å². The zero-order chi connectivity index (χ0) is 14.0. The molecule has 1 heterocycles. The summed E-state index contributed by atoms with van der Waals surface area (Å²) in [5.41, 5.74) is 2.38. The lowest BCUT2D eigenvalue weighted by Gasteiger charge is -2.09. The lowest BCUT2D eigenvalue weighted by Crippen LogP contribution is -2.14. The molecule has 0 aliphatic heterocycles. The second-order valence-electron chi connectivity index (χ2n) is 4.36. The molecule has 0 aliphatic rings. The highest BCUT2D eigenvalue weighted by Gasteiger charge is 2.15. The van der Waals surface area contributed by atoms with Crippen molar-refractivity contribution in [2.75, 3.05) is 7.11 Å². The van der Waals surface area contributed by atoms with Crippen LogP contribution in [0.2, 0.25) is 5.02 Å². The second-order valence-corrected chi connectivity index (χ2v) is 4.77. The number of carbonyl (C=O) groups is 1. The van der Waals surface area contributed by atoms with Crippen LogP contribution in [0.25, 0.3) is 0 Å². The molecule has 0 fully saturated rings. The minimum Gasteiger partial charge on any atom is -0.496 e. The Kier molecular flexibility index (Phi) is 3.90. The molecule has 5 heteroatoms. The number of ether oxygens (including phenoxy) is 1. The Bertz CT molecular complexity index is 620. The van der Waals surface area contributed by atoms with Crippen LogP contribution in [0.4, 0.5) is 0 Å². The number of nitrogens with zero attached hydrogens (tertiary/aromatic N) is 2. The summed E-state index contributed by atoms with van der Waals surface area (Å²) in [6, 6.07) is 5.51. The summed E-state index contributed by atoms with van der Waals surface area (Å²) in [6.45, 7) is 3.93. The molecule has 1 aromatic carbocycles. The van der Waals surface area contributed by atoms with Gasteiger partial charge in [0.15, 0.2) is 5.78 Å². The quantitative estimate of drug-likeness (QED) is 0.808. The molecule has 0 unspecified atom stereocenters. The Balaban J connectivity index is 2.27. The maximum atomic E-state index is 12.3. The van der Waals surface area contributed by atoms with Gasteiger partial charge in [-0.15, -0.1) is 0 Å². The number of halogens is 1. The van der Waals surface area contributed by atoms with Gasteiger partial charge < -0.3 is 4.74 Å². The number of carbonyl (C=O) groups excluding carboxylic acids is 1. The molecule has 0 atom stereocenters. The highest BCUT2D eigenvalue weighted by atomic mass is 35.5. The average Bonchev–Trinajstić information content (AvgIpc) is 2.70. The van der Waals surface area contributed by atoms with Crippen LogP contribution in [0, 0.1) is 13.8 Å². The molecule has 0 spiro atoms. The van der Waals surface area contributed by atoms with Crippen molar-refractivity contribution in [3.8, 4) is 5.75 Å². The number of aryl methyl sites for hydroxylation is 1. The molecule has 0 amide bonds. The SMILES string of the molecule is COc1cc(C)ccc1C(=O)Cn1ncc(Cl)c1C. The molecule has 2 rings (SSSR count). The molecule has 19 heavy (non-hydrogen) atoms. The van der Waals surface area contributed by atoms with E-state index >= 15 is 0 Å². The third-order valence-corrected chi connectivity index (χ3v) is 3.37. The van der Waals surface area contributed by atoms with Crippen LogP contribution in [0.5, 0.6) is 5.75 Å². The number of ketones is 1. The molecule has 0 N–H and O–H groups in total. The fourth-order valence-electron chi connectivity index (χ4n) is 1.83. The number of aromatic nitrogens is 2. The zero-order valence-corrected chi connectivity index (χ0v) is 11.9. The number of Topliss-reactive ketones (excluding diaryl/α,β-unsaturated/α-hetero) is 1. The van der Waals surface area contributed by atoms with Crippen LogP contribution >= 0.6 is 11.6 Å². The van der Waals surface area contributed by atoms with Crippen LogP contribution in [-0.4, -0.2) is 22.7 Å². The molecule has 0 saturated carbocycles. The van der Waals surface area contributed by atoms with Gasteiger partial charge in [-0.3, -0.25) is 9.48 Å². The minimum absolute atomic E-state index is 0.0558. The molecular formula is C14H15ClN2O2. The predicted molar refractivity (Wildman–Crippen MR) is 74.0 cm³/mol. The first kappa shape index (κ1) is 13.6. The topological polar surface area (TPSA) is 44.1 Å². The first-order valence-corrected chi connectivity index (χ1v) is 6.26. The molecule has 0 bridgehead atoms. The third kappa shape index (κ3) is 2.79. The van der Waals surface area contributed by atoms with Crippen LogP contribution in [0.15, 0.2) is 24.4 Å². The second kappa shape index (κ2) is 5.45. The van der Waals surface area contributed by atoms with Gasteiger partial charge in [0.05, 0.1) is 29.6 Å². The molecule has 0 aliphatic carbocycles. The summed E-state index contributed by atoms with van der Waals surface area (Å²) in [7, 11) is 1.56. The highest BCUT2D eigenvalue weighted by molar-refractivity contribution is 6.31. The first-order chi connectivity index (χ1) is 9.02. The van der Waals surface area contributed by atoms with Gasteiger partial charge in [0.1, 0.15) is 12.3 Å². The fraction of sp³-hybridized carbons (Fsp3) is 0.286. The van der Waals surface area contributed by atoms with Gasteiger partial charge in [-0.25, -0.2) is 0 Å². The maximum Gasteiger partial charge on any atom is 0.187 e. The van der Waals surface area contributed by atoms with E-state index in [0.717, 1.165) is 11.3 Å². The highest BCUT2D eigenvalue weighted by Crippen LogP contribution is 2.21. The monoisotopic (exact) mass is 278 g/mol. The van der Waals surface area contributed by atoms with E-state index in [1.165, 1.54) is 6.20 Å². The van der Waals surface area contributed by atoms with Crippen LogP contribution in [-0.2, 0) is 6.54 Å². The number of hydrogen-bond donors (Lipinski definition) is 0. The van der Waals surface area contributed by atoms with Gasteiger partial charge in [-0.05, 0) is 31.5 Å². The smallest absolute Gasteiger partial charge is 0.187 e. The molecule has 1 aromatic heterocycles. The van der Waals surface area contributed by atoms with Crippen molar-refractivity contribution < 1.29 is 9.53 Å². The lowest BCUT2D eigenvalue weighted by molar-refractivity contribution is 0.0964. The Labute approximate surface area is 116 Å². The Morgan fingerprint density at radius 3 is 2.74 bits per heavy atom. The zero-order valence-electron chi connectivity index (χ0n) is 11.1. The van der Waals surface area contributed by atoms with Gasteiger partial charge in [-0.1, -0.05) is 17.7 Å². The summed E-state index contributed by atoms with van der Waals surface area (Å²) in [6.07, 6.45) is 1.54. The van der Waals surface area contributed by atoms with E-state index in [0.29, 0.717) is 16.3 Å². The minimum atomic E-state index is -0.0558. The maximum absolute atomic E-state index is 12.3. The van der Waals surface area contributed by atoms with Gasteiger partial charge in [0, 0.05) is 0 Å². The van der Waals surface area contributed by atoms with Gasteiger partial charge in [0.2, 0.25) is 0 Å². The standard InChI is InChI=1S/C14H15ClN2O2/c1-9-4-5-11(14(6-9)19-3)13(18)8-17-10(2)12(15)7-16-17/h4-7H,8H2,1-3H3. The predicted octanol–water partition coefficient (Wildman–Crippen LogP) is 3.04. The van der Waals surface area contributed by atoms with Crippen molar-refractivity contribution in [3.63, 3.8) is 0 Å². The van der Waals surface area contributed by atoms with Gasteiger partial charge in [-0.2, -0.15) is 5.10 Å². The van der Waals surface area contributed by atoms with Crippen LogP contribution in [0.1, 0.15) is 21.6 Å². The molecule has 0 saturated heterocycles. The van der Waals surface area contributed by atoms with Crippen molar-refractivity contribution in [1.29, 1.82) is 0 Å². The summed E-state index contributed by atoms with van der Waals surface area (Å²) in [5, 5.41) is 4.64. The Morgan fingerprint density at radius 2 is 2.16 bits per heavy atom. The van der Waals surface area contributed by atoms with Crippen LogP contribution in [0.3, 0.4) is 0 Å². The van der Waals surface area contributed by atoms with Crippen molar-refractivity contribution in [1.82, 2.24) is 9.78 Å². The fourth-order valence-corrected chi connectivity index (χ4v) is 1.97. The molecular weight excluding hydrogens is 264 g/mol. The van der Waals surface area contributed by atoms with Crippen molar-refractivity contribution in [3.05, 3.63) is 46.2 Å². The molecule has 2 aromatic rings. The summed E-state index contributed by atoms with van der Waals surface area (Å²) < 4.78 is 6.83. The average molecular weight is 279 g/mol. The Morgan fingerprint density at radius 1 is 1.42 bits per heavy atom. The van der Waals surface area contributed by atoms with E-state index in [2.05, 4.69) is 5.10 Å². The summed E-state index contributed by atoms with van der Waals surface area (Å²) in [5.74, 6) is 0.528. The first-order valence-electron chi connectivity index (χ1n) is 5.88. The summed E-state index contributed by atoms with van der Waals surface area (Å²) >= 11 is 5.92. The summed E-state index contributed by atoms with van der Waals surface area (Å²) in [4.78, 5) is 12.3. The van der Waals surface area contributed by atoms with Crippen LogP contribution < -0.4 is 4.74 Å². The lowest BCUT2D eigenvalue weighted by atomic mass is 10.1. The third-order valence-electron chi connectivity index (χ3n) is 2.99. The van der Waals surface area contributed by atoms with Crippen molar-refractivity contribution in [2.24, 2.45) is 0 Å². The van der Waals surface area contributed by atoms with E-state index in [1.807, 2.05) is 26.0 Å². The van der Waals surface area contributed by atoms with Gasteiger partial charge in [0.25, 0.3) is 0 Å². The van der Waals surface area contributed by atoms with E-state index in [1.54, 1.807) is 17.9 Å². The van der Waals surface area contributed by atoms with E-state index in [-0.39, 0.29) is 12.3 Å². The van der Waals surface area contributed by atoms with Crippen molar-refractivity contribution >= 4 is 17.4 Å². The molecule has 0 radical (unpaired) electrons. The number of methoxy groups -OCH3 is 1. The van der Waals surface area contributed by atoms with Crippen molar-refractivity contribution in [2.45, 2.75) is 20.4 Å². The molecule has 4 nitrogen and oxygen atoms in total. The Hall–Kier alpha value is -1.81. The number of hydrogen-bond acceptors (Lipinski definition) is 3. The number of rotatable bonds is 4. The molecule has 100 valence electrons. The van der Waals surface area contributed by atoms with E-state index in [9.17, 15) is 4.79 Å². The van der Waals surface area contributed by atoms with Gasteiger partial charge >= 0.3 is 0 Å². The van der Waals surface area contributed by atoms with E-state index < -0.39 is 0 Å².